The van der Waals surface area contributed by atoms with Gasteiger partial charge in [0.15, 0.2) is 0 Å². The monoisotopic (exact) mass is 154 g/mol. The van der Waals surface area contributed by atoms with Crippen LogP contribution in [-0.4, -0.2) is 32.2 Å². The van der Waals surface area contributed by atoms with Gasteiger partial charge in [-0.25, -0.2) is 0 Å². The molecule has 1 heteroatoms. The van der Waals surface area contributed by atoms with Gasteiger partial charge >= 0.3 is 0 Å². The van der Waals surface area contributed by atoms with Crippen LogP contribution in [0.2, 0.25) is 0 Å². The van der Waals surface area contributed by atoms with E-state index in [-0.39, 0.29) is 0 Å². The Bertz CT molecular complexity index is 153. The van der Waals surface area contributed by atoms with Crippen molar-refractivity contribution in [2.24, 2.45) is 5.92 Å². The van der Waals surface area contributed by atoms with Gasteiger partial charge in [-0.3, -0.25) is 0 Å². The minimum atomic E-state index is 0.801. The molecule has 1 unspecified atom stereocenters. The molecule has 11 heavy (non-hydrogen) atoms. The van der Waals surface area contributed by atoms with E-state index in [4.69, 9.17) is 0 Å². The summed E-state index contributed by atoms with van der Waals surface area (Å²) in [5.74, 6) is 0.801. The highest BCUT2D eigenvalue weighted by Crippen LogP contribution is 2.30. The summed E-state index contributed by atoms with van der Waals surface area (Å²) in [7, 11) is 6.77. The van der Waals surface area contributed by atoms with Gasteiger partial charge in [0.2, 0.25) is 0 Å². The molecule has 0 aromatic carbocycles. The zero-order valence-corrected chi connectivity index (χ0v) is 8.06. The predicted octanol–water partition coefficient (Wildman–Crippen LogP) is 2.05. The fourth-order valence-corrected chi connectivity index (χ4v) is 1.87. The molecule has 1 saturated carbocycles. The molecular formula is C10H20N+. The largest absolute Gasteiger partial charge is 0.330 e. The summed E-state index contributed by atoms with van der Waals surface area (Å²) < 4.78 is 1.07. The Morgan fingerprint density at radius 3 is 2.45 bits per heavy atom. The van der Waals surface area contributed by atoms with Crippen LogP contribution in [0.3, 0.4) is 0 Å². The van der Waals surface area contributed by atoms with E-state index in [1.165, 1.54) is 31.4 Å². The molecule has 0 aromatic rings. The van der Waals surface area contributed by atoms with Crippen molar-refractivity contribution in [2.45, 2.75) is 19.3 Å². The molecule has 0 N–H and O–H groups in total. The molecule has 64 valence electrons. The van der Waals surface area contributed by atoms with Crippen LogP contribution < -0.4 is 0 Å². The van der Waals surface area contributed by atoms with E-state index in [2.05, 4.69) is 27.7 Å². The van der Waals surface area contributed by atoms with Crippen LogP contribution in [-0.2, 0) is 0 Å². The van der Waals surface area contributed by atoms with E-state index in [1.54, 1.807) is 0 Å². The number of quaternary nitrogens is 1. The summed E-state index contributed by atoms with van der Waals surface area (Å²) in [5, 5.41) is 0. The third kappa shape index (κ3) is 2.66. The fraction of sp³-hybridized carbons (Fsp3) is 0.800. The van der Waals surface area contributed by atoms with Gasteiger partial charge < -0.3 is 4.48 Å². The Morgan fingerprint density at radius 1 is 1.45 bits per heavy atom. The van der Waals surface area contributed by atoms with Crippen molar-refractivity contribution in [1.29, 1.82) is 0 Å². The molecule has 0 aliphatic heterocycles. The van der Waals surface area contributed by atoms with Crippen molar-refractivity contribution in [2.75, 3.05) is 27.7 Å². The lowest BCUT2D eigenvalue weighted by Gasteiger charge is -2.27. The van der Waals surface area contributed by atoms with E-state index in [0.717, 1.165) is 10.4 Å². The Balaban J connectivity index is 2.43. The Labute approximate surface area is 70.3 Å². The average Bonchev–Trinajstić information content (AvgIpc) is 2.12. The van der Waals surface area contributed by atoms with Gasteiger partial charge in [-0.05, 0) is 19.3 Å². The second-order valence-electron chi connectivity index (χ2n) is 4.72. The van der Waals surface area contributed by atoms with Gasteiger partial charge in [-0.15, -0.1) is 0 Å². The maximum atomic E-state index is 4.11. The molecule has 1 aliphatic rings. The van der Waals surface area contributed by atoms with Crippen LogP contribution in [0.4, 0.5) is 0 Å². The van der Waals surface area contributed by atoms with Crippen molar-refractivity contribution in [3.63, 3.8) is 0 Å². The number of hydrogen-bond acceptors (Lipinski definition) is 0. The average molecular weight is 154 g/mol. The van der Waals surface area contributed by atoms with Crippen molar-refractivity contribution in [1.82, 2.24) is 0 Å². The van der Waals surface area contributed by atoms with Gasteiger partial charge in [0.1, 0.15) is 0 Å². The standard InChI is InChI=1S/C10H20N/c1-9-6-5-7-10(9)8-11(2,3)4/h10H,1,5-8H2,2-4H3/q+1. The maximum absolute atomic E-state index is 4.11. The lowest BCUT2D eigenvalue weighted by Crippen LogP contribution is -2.38. The number of rotatable bonds is 2. The summed E-state index contributed by atoms with van der Waals surface area (Å²) in [4.78, 5) is 0. The summed E-state index contributed by atoms with van der Waals surface area (Å²) in [6.45, 7) is 5.37. The van der Waals surface area contributed by atoms with Crippen LogP contribution in [0.5, 0.6) is 0 Å². The molecule has 1 rings (SSSR count). The minimum Gasteiger partial charge on any atom is -0.330 e. The van der Waals surface area contributed by atoms with Crippen LogP contribution in [0.1, 0.15) is 19.3 Å². The summed E-state index contributed by atoms with van der Waals surface area (Å²) in [6, 6.07) is 0. The Kier molecular flexibility index (Phi) is 2.38. The number of nitrogens with zero attached hydrogens (tertiary/aromatic N) is 1. The van der Waals surface area contributed by atoms with Gasteiger partial charge in [0.05, 0.1) is 27.7 Å². The zero-order chi connectivity index (χ0) is 8.48. The lowest BCUT2D eigenvalue weighted by atomic mass is 10.0. The molecular weight excluding hydrogens is 134 g/mol. The second kappa shape index (κ2) is 2.98. The molecule has 0 spiro atoms. The molecule has 0 bridgehead atoms. The SMILES string of the molecule is C=C1CCCC1C[N+](C)(C)C. The molecule has 0 heterocycles. The summed E-state index contributed by atoms with van der Waals surface area (Å²) in [5.41, 5.74) is 1.48. The van der Waals surface area contributed by atoms with Crippen molar-refractivity contribution >= 4 is 0 Å². The fourth-order valence-electron chi connectivity index (χ4n) is 1.87. The first-order valence-electron chi connectivity index (χ1n) is 4.47. The summed E-state index contributed by atoms with van der Waals surface area (Å²) >= 11 is 0. The third-order valence-electron chi connectivity index (χ3n) is 2.40. The molecule has 0 radical (unpaired) electrons. The first kappa shape index (κ1) is 8.79. The van der Waals surface area contributed by atoms with Crippen molar-refractivity contribution < 1.29 is 4.48 Å². The van der Waals surface area contributed by atoms with Gasteiger partial charge in [-0.2, -0.15) is 0 Å². The van der Waals surface area contributed by atoms with Crippen LogP contribution >= 0.6 is 0 Å². The highest BCUT2D eigenvalue weighted by atomic mass is 15.3. The molecule has 1 aliphatic carbocycles. The Morgan fingerprint density at radius 2 is 2.09 bits per heavy atom. The van der Waals surface area contributed by atoms with E-state index >= 15 is 0 Å². The highest BCUT2D eigenvalue weighted by molar-refractivity contribution is 5.05. The third-order valence-corrected chi connectivity index (χ3v) is 2.40. The van der Waals surface area contributed by atoms with Gasteiger partial charge in [0.25, 0.3) is 0 Å². The normalized spacial score (nSPS) is 26.1. The maximum Gasteiger partial charge on any atom is 0.0846 e. The summed E-state index contributed by atoms with van der Waals surface area (Å²) in [6.07, 6.45) is 4.00. The molecule has 0 aromatic heterocycles. The highest BCUT2D eigenvalue weighted by Gasteiger charge is 2.24. The minimum absolute atomic E-state index is 0.801. The van der Waals surface area contributed by atoms with Crippen LogP contribution in [0.15, 0.2) is 12.2 Å². The van der Waals surface area contributed by atoms with Crippen LogP contribution in [0.25, 0.3) is 0 Å². The van der Waals surface area contributed by atoms with E-state index in [0.29, 0.717) is 0 Å². The predicted molar refractivity (Wildman–Crippen MR) is 49.4 cm³/mol. The number of hydrogen-bond donors (Lipinski definition) is 0. The molecule has 0 saturated heterocycles. The molecule has 1 fully saturated rings. The van der Waals surface area contributed by atoms with E-state index in [9.17, 15) is 0 Å². The molecule has 0 amide bonds. The van der Waals surface area contributed by atoms with Crippen LogP contribution in [0, 0.1) is 5.92 Å². The first-order valence-corrected chi connectivity index (χ1v) is 4.47. The van der Waals surface area contributed by atoms with E-state index in [1.807, 2.05) is 0 Å². The Hall–Kier alpha value is -0.300. The van der Waals surface area contributed by atoms with Gasteiger partial charge in [-0.1, -0.05) is 12.2 Å². The molecule has 1 nitrogen and oxygen atoms in total. The van der Waals surface area contributed by atoms with Gasteiger partial charge in [0, 0.05) is 5.92 Å². The first-order chi connectivity index (χ1) is 4.99. The lowest BCUT2D eigenvalue weighted by molar-refractivity contribution is -0.873. The second-order valence-corrected chi connectivity index (χ2v) is 4.72. The van der Waals surface area contributed by atoms with Crippen molar-refractivity contribution in [3.8, 4) is 0 Å². The smallest absolute Gasteiger partial charge is 0.0846 e. The van der Waals surface area contributed by atoms with Crippen molar-refractivity contribution in [3.05, 3.63) is 12.2 Å². The quantitative estimate of drug-likeness (QED) is 0.422. The molecule has 1 atom stereocenters. The zero-order valence-electron chi connectivity index (χ0n) is 8.06. The topological polar surface area (TPSA) is 0 Å². The van der Waals surface area contributed by atoms with E-state index < -0.39 is 0 Å².